The number of aryl methyl sites for hydroxylation is 2. The summed E-state index contributed by atoms with van der Waals surface area (Å²) in [5, 5.41) is 14.0. The van der Waals surface area contributed by atoms with Crippen molar-refractivity contribution < 1.29 is 5.11 Å². The van der Waals surface area contributed by atoms with Gasteiger partial charge < -0.3 is 15.3 Å². The van der Waals surface area contributed by atoms with Crippen LogP contribution in [0.1, 0.15) is 11.3 Å². The van der Waals surface area contributed by atoms with Crippen molar-refractivity contribution in [1.82, 2.24) is 19.9 Å². The molecule has 0 aromatic carbocycles. The minimum Gasteiger partial charge on any atom is -0.390 e. The fourth-order valence-electron chi connectivity index (χ4n) is 2.24. The molecule has 0 unspecified atom stereocenters. The number of likely N-dealkylation sites (N-methyl/N-ethyl adjacent to an activating group) is 1. The van der Waals surface area contributed by atoms with Gasteiger partial charge in [0.05, 0.1) is 11.5 Å². The highest BCUT2D eigenvalue weighted by Crippen LogP contribution is 2.22. The molecule has 2 heterocycles. The van der Waals surface area contributed by atoms with Crippen molar-refractivity contribution in [2.75, 3.05) is 32.5 Å². The average molecular weight is 275 g/mol. The Kier molecular flexibility index (Phi) is 4.46. The molecule has 2 N–H and O–H groups in total. The molecule has 0 fully saturated rings. The topological polar surface area (TPSA) is 74.2 Å². The first-order valence-corrected chi connectivity index (χ1v) is 6.63. The van der Waals surface area contributed by atoms with E-state index < -0.39 is 6.10 Å². The smallest absolute Gasteiger partial charge is 0.165 e. The van der Waals surface area contributed by atoms with Gasteiger partial charge in [-0.2, -0.15) is 0 Å². The molecule has 0 aliphatic heterocycles. The maximum Gasteiger partial charge on any atom is 0.165 e. The van der Waals surface area contributed by atoms with Crippen molar-refractivity contribution in [2.24, 2.45) is 0 Å². The molecule has 0 saturated carbocycles. The minimum absolute atomic E-state index is 0.442. The van der Waals surface area contributed by atoms with E-state index in [1.165, 1.54) is 6.33 Å². The van der Waals surface area contributed by atoms with Gasteiger partial charge in [0.2, 0.25) is 0 Å². The molecular weight excluding hydrogens is 254 g/mol. The van der Waals surface area contributed by atoms with Gasteiger partial charge in [0.1, 0.15) is 12.1 Å². The Hall–Kier alpha value is -1.79. The predicted molar refractivity (Wildman–Crippen MR) is 79.9 cm³/mol. The summed E-state index contributed by atoms with van der Waals surface area (Å²) < 4.78 is 0. The number of aromatic nitrogens is 3. The summed E-state index contributed by atoms with van der Waals surface area (Å²) in [6.45, 7) is 5.01. The van der Waals surface area contributed by atoms with Crippen molar-refractivity contribution in [3.63, 3.8) is 0 Å². The molecule has 0 amide bonds. The highest BCUT2D eigenvalue weighted by atomic mass is 16.3. The van der Waals surface area contributed by atoms with Gasteiger partial charge in [-0.15, -0.1) is 0 Å². The Morgan fingerprint density at radius 1 is 1.30 bits per heavy atom. The molecule has 0 aliphatic rings. The Labute approximate surface area is 118 Å². The molecule has 0 aliphatic carbocycles. The summed E-state index contributed by atoms with van der Waals surface area (Å²) in [7, 11) is 3.86. The van der Waals surface area contributed by atoms with Gasteiger partial charge in [0, 0.05) is 18.8 Å². The summed E-state index contributed by atoms with van der Waals surface area (Å²) in [5.41, 5.74) is 2.70. The lowest BCUT2D eigenvalue weighted by Gasteiger charge is -2.17. The maximum atomic E-state index is 9.90. The number of hydrogen-bond donors (Lipinski definition) is 2. The van der Waals surface area contributed by atoms with Crippen LogP contribution in [-0.4, -0.2) is 58.2 Å². The van der Waals surface area contributed by atoms with Gasteiger partial charge in [-0.3, -0.25) is 0 Å². The van der Waals surface area contributed by atoms with E-state index in [4.69, 9.17) is 0 Å². The number of hydrogen-bond acceptors (Lipinski definition) is 6. The van der Waals surface area contributed by atoms with E-state index in [-0.39, 0.29) is 0 Å². The maximum absolute atomic E-state index is 9.90. The Morgan fingerprint density at radius 2 is 2.05 bits per heavy atom. The molecule has 0 spiro atoms. The molecule has 0 radical (unpaired) electrons. The molecular formula is C14H21N5O. The van der Waals surface area contributed by atoms with Crippen LogP contribution in [0.15, 0.2) is 12.4 Å². The van der Waals surface area contributed by atoms with E-state index in [2.05, 4.69) is 20.3 Å². The lowest BCUT2D eigenvalue weighted by Crippen LogP contribution is -2.31. The van der Waals surface area contributed by atoms with Crippen LogP contribution in [0.25, 0.3) is 11.0 Å². The van der Waals surface area contributed by atoms with Gasteiger partial charge >= 0.3 is 0 Å². The standard InChI is InChI=1S/C14H21N5O/c1-9-5-10(2)18-14-12(9)13(16-8-17-14)15-6-11(20)7-19(3)4/h5,8,11,20H,6-7H2,1-4H3,(H,15,16,17,18)/t11-/m1/s1. The summed E-state index contributed by atoms with van der Waals surface area (Å²) in [4.78, 5) is 14.8. The third kappa shape index (κ3) is 3.40. The summed E-state index contributed by atoms with van der Waals surface area (Å²) >= 11 is 0. The lowest BCUT2D eigenvalue weighted by atomic mass is 10.1. The number of aliphatic hydroxyl groups excluding tert-OH is 1. The highest BCUT2D eigenvalue weighted by molar-refractivity contribution is 5.89. The Balaban J connectivity index is 2.22. The molecule has 6 heteroatoms. The van der Waals surface area contributed by atoms with Crippen molar-refractivity contribution in [1.29, 1.82) is 0 Å². The Bertz CT molecular complexity index is 599. The fraction of sp³-hybridized carbons (Fsp3) is 0.500. The van der Waals surface area contributed by atoms with E-state index in [0.717, 1.165) is 22.5 Å². The first-order valence-electron chi connectivity index (χ1n) is 6.63. The van der Waals surface area contributed by atoms with Gasteiger partial charge in [0.15, 0.2) is 5.65 Å². The van der Waals surface area contributed by atoms with Gasteiger partial charge in [-0.05, 0) is 39.6 Å². The van der Waals surface area contributed by atoms with E-state index in [1.54, 1.807) is 0 Å². The quantitative estimate of drug-likeness (QED) is 0.847. The van der Waals surface area contributed by atoms with E-state index in [9.17, 15) is 5.11 Å². The Morgan fingerprint density at radius 3 is 2.75 bits per heavy atom. The normalized spacial score (nSPS) is 12.9. The number of anilines is 1. The first-order chi connectivity index (χ1) is 9.47. The number of nitrogens with zero attached hydrogens (tertiary/aromatic N) is 4. The van der Waals surface area contributed by atoms with Gasteiger partial charge in [0.25, 0.3) is 0 Å². The molecule has 2 aromatic heterocycles. The molecule has 1 atom stereocenters. The van der Waals surface area contributed by atoms with Crippen LogP contribution in [0.2, 0.25) is 0 Å². The van der Waals surface area contributed by atoms with Gasteiger partial charge in [-0.25, -0.2) is 15.0 Å². The zero-order valence-corrected chi connectivity index (χ0v) is 12.4. The van der Waals surface area contributed by atoms with Crippen LogP contribution in [0.5, 0.6) is 0 Å². The van der Waals surface area contributed by atoms with Crippen LogP contribution in [0.3, 0.4) is 0 Å². The number of nitrogens with one attached hydrogen (secondary N) is 1. The second-order valence-corrected chi connectivity index (χ2v) is 5.30. The van der Waals surface area contributed by atoms with Crippen LogP contribution >= 0.6 is 0 Å². The molecule has 2 aromatic rings. The molecule has 0 saturated heterocycles. The number of rotatable bonds is 5. The zero-order valence-electron chi connectivity index (χ0n) is 12.4. The molecule has 2 rings (SSSR count). The molecule has 0 bridgehead atoms. The number of aliphatic hydroxyl groups is 1. The third-order valence-corrected chi connectivity index (χ3v) is 3.01. The van der Waals surface area contributed by atoms with Crippen molar-refractivity contribution in [3.8, 4) is 0 Å². The van der Waals surface area contributed by atoms with E-state index in [1.807, 2.05) is 38.9 Å². The average Bonchev–Trinajstić information content (AvgIpc) is 2.34. The molecule has 108 valence electrons. The second kappa shape index (κ2) is 6.11. The van der Waals surface area contributed by atoms with Crippen LogP contribution in [-0.2, 0) is 0 Å². The summed E-state index contributed by atoms with van der Waals surface area (Å²) in [6.07, 6.45) is 1.04. The van der Waals surface area contributed by atoms with Crippen LogP contribution in [0, 0.1) is 13.8 Å². The monoisotopic (exact) mass is 275 g/mol. The van der Waals surface area contributed by atoms with Crippen LogP contribution in [0.4, 0.5) is 5.82 Å². The number of fused-ring (bicyclic) bond motifs is 1. The van der Waals surface area contributed by atoms with E-state index in [0.29, 0.717) is 18.7 Å². The largest absolute Gasteiger partial charge is 0.390 e. The fourth-order valence-corrected chi connectivity index (χ4v) is 2.24. The molecule has 20 heavy (non-hydrogen) atoms. The predicted octanol–water partition coefficient (Wildman–Crippen LogP) is 0.976. The van der Waals surface area contributed by atoms with Crippen molar-refractivity contribution >= 4 is 16.9 Å². The van der Waals surface area contributed by atoms with Crippen molar-refractivity contribution in [2.45, 2.75) is 20.0 Å². The van der Waals surface area contributed by atoms with Crippen molar-refractivity contribution in [3.05, 3.63) is 23.7 Å². The highest BCUT2D eigenvalue weighted by Gasteiger charge is 2.11. The molecule has 6 nitrogen and oxygen atoms in total. The van der Waals surface area contributed by atoms with E-state index >= 15 is 0 Å². The zero-order chi connectivity index (χ0) is 14.7. The van der Waals surface area contributed by atoms with Crippen LogP contribution < -0.4 is 5.32 Å². The lowest BCUT2D eigenvalue weighted by molar-refractivity contribution is 0.148. The second-order valence-electron chi connectivity index (χ2n) is 5.30. The SMILES string of the molecule is Cc1cc(C)c2c(NC[C@@H](O)CN(C)C)ncnc2n1. The minimum atomic E-state index is -0.450. The third-order valence-electron chi connectivity index (χ3n) is 3.01. The number of pyridine rings is 1. The summed E-state index contributed by atoms with van der Waals surface area (Å²) in [5.74, 6) is 0.720. The first kappa shape index (κ1) is 14.6. The van der Waals surface area contributed by atoms with Gasteiger partial charge in [-0.1, -0.05) is 0 Å². The summed E-state index contributed by atoms with van der Waals surface area (Å²) in [6, 6.07) is 2.01.